The summed E-state index contributed by atoms with van der Waals surface area (Å²) in [5.41, 5.74) is 3.42. The monoisotopic (exact) mass is 226 g/mol. The van der Waals surface area contributed by atoms with Crippen molar-refractivity contribution >= 4 is 11.6 Å². The predicted octanol–water partition coefficient (Wildman–Crippen LogP) is 2.95. The molecular weight excluding hydrogens is 212 g/mol. The molecule has 2 aromatic rings. The summed E-state index contributed by atoms with van der Waals surface area (Å²) in [4.78, 5) is 16.0. The van der Waals surface area contributed by atoms with E-state index in [0.717, 1.165) is 16.8 Å². The number of carbonyl (C=O) groups excluding carboxylic acids is 1. The molecule has 0 atom stereocenters. The molecule has 0 saturated carbocycles. The summed E-state index contributed by atoms with van der Waals surface area (Å²) in [5.74, 6) is -0.0980. The number of aromatic nitrogens is 1. The molecule has 2 rings (SSSR count). The number of hydrogen-bond acceptors (Lipinski definition) is 2. The van der Waals surface area contributed by atoms with E-state index in [0.29, 0.717) is 5.56 Å². The first-order valence-corrected chi connectivity index (χ1v) is 5.46. The summed E-state index contributed by atoms with van der Waals surface area (Å²) in [5, 5.41) is 2.90. The molecular formula is C14H14N2O. The second-order valence-corrected chi connectivity index (χ2v) is 3.96. The van der Waals surface area contributed by atoms with E-state index in [1.807, 2.05) is 38.1 Å². The zero-order chi connectivity index (χ0) is 12.3. The number of nitrogens with zero attached hydrogens (tertiary/aromatic N) is 1. The van der Waals surface area contributed by atoms with Gasteiger partial charge in [0, 0.05) is 23.6 Å². The molecule has 3 heteroatoms. The van der Waals surface area contributed by atoms with Crippen molar-refractivity contribution in [2.24, 2.45) is 0 Å². The molecule has 0 saturated heterocycles. The van der Waals surface area contributed by atoms with Gasteiger partial charge < -0.3 is 5.32 Å². The minimum absolute atomic E-state index is 0.0980. The standard InChI is InChI=1S/C14H14N2O/c1-10-5-3-4-6-13(10)16-14(17)12-7-8-15-9-11(12)2/h3-9H,1-2H3,(H,16,17). The maximum Gasteiger partial charge on any atom is 0.256 e. The van der Waals surface area contributed by atoms with Crippen LogP contribution in [0, 0.1) is 13.8 Å². The van der Waals surface area contributed by atoms with Crippen LogP contribution < -0.4 is 5.32 Å². The Labute approximate surface area is 101 Å². The summed E-state index contributed by atoms with van der Waals surface area (Å²) in [6, 6.07) is 9.44. The number of para-hydroxylation sites is 1. The lowest BCUT2D eigenvalue weighted by Crippen LogP contribution is -2.14. The SMILES string of the molecule is Cc1ccccc1NC(=O)c1ccncc1C. The Morgan fingerprint density at radius 3 is 2.59 bits per heavy atom. The molecule has 1 heterocycles. The van der Waals surface area contributed by atoms with Crippen LogP contribution in [-0.4, -0.2) is 10.9 Å². The average Bonchev–Trinajstić information content (AvgIpc) is 2.32. The van der Waals surface area contributed by atoms with Gasteiger partial charge in [-0.2, -0.15) is 0 Å². The van der Waals surface area contributed by atoms with E-state index in [-0.39, 0.29) is 5.91 Å². The number of rotatable bonds is 2. The third-order valence-electron chi connectivity index (χ3n) is 2.66. The van der Waals surface area contributed by atoms with Crippen LogP contribution in [0.15, 0.2) is 42.7 Å². The first kappa shape index (κ1) is 11.3. The number of amides is 1. The number of anilines is 1. The van der Waals surface area contributed by atoms with Crippen LogP contribution in [0.1, 0.15) is 21.5 Å². The molecule has 0 aliphatic carbocycles. The van der Waals surface area contributed by atoms with Gasteiger partial charge in [0.15, 0.2) is 0 Å². The largest absolute Gasteiger partial charge is 0.322 e. The van der Waals surface area contributed by atoms with E-state index >= 15 is 0 Å². The van der Waals surface area contributed by atoms with Crippen molar-refractivity contribution in [1.82, 2.24) is 4.98 Å². The number of carbonyl (C=O) groups is 1. The number of nitrogens with one attached hydrogen (secondary N) is 1. The third kappa shape index (κ3) is 2.50. The zero-order valence-electron chi connectivity index (χ0n) is 9.90. The Morgan fingerprint density at radius 2 is 1.88 bits per heavy atom. The van der Waals surface area contributed by atoms with Crippen molar-refractivity contribution in [3.8, 4) is 0 Å². The van der Waals surface area contributed by atoms with Crippen molar-refractivity contribution < 1.29 is 4.79 Å². The van der Waals surface area contributed by atoms with Gasteiger partial charge in [-0.1, -0.05) is 18.2 Å². The first-order chi connectivity index (χ1) is 8.18. The predicted molar refractivity (Wildman–Crippen MR) is 68.1 cm³/mol. The Morgan fingerprint density at radius 1 is 1.12 bits per heavy atom. The van der Waals surface area contributed by atoms with Gasteiger partial charge in [0.1, 0.15) is 0 Å². The van der Waals surface area contributed by atoms with E-state index in [9.17, 15) is 4.79 Å². The smallest absolute Gasteiger partial charge is 0.256 e. The molecule has 1 N–H and O–H groups in total. The van der Waals surface area contributed by atoms with Crippen LogP contribution in [0.5, 0.6) is 0 Å². The molecule has 0 unspecified atom stereocenters. The van der Waals surface area contributed by atoms with Gasteiger partial charge >= 0.3 is 0 Å². The molecule has 0 radical (unpaired) electrons. The molecule has 0 aliphatic rings. The quantitative estimate of drug-likeness (QED) is 0.855. The van der Waals surface area contributed by atoms with E-state index in [1.54, 1.807) is 18.5 Å². The van der Waals surface area contributed by atoms with Gasteiger partial charge in [-0.15, -0.1) is 0 Å². The van der Waals surface area contributed by atoms with Crippen LogP contribution in [0.4, 0.5) is 5.69 Å². The summed E-state index contributed by atoms with van der Waals surface area (Å²) < 4.78 is 0. The van der Waals surface area contributed by atoms with Gasteiger partial charge in [-0.3, -0.25) is 9.78 Å². The summed E-state index contributed by atoms with van der Waals surface area (Å²) in [7, 11) is 0. The lowest BCUT2D eigenvalue weighted by atomic mass is 10.1. The molecule has 1 aromatic carbocycles. The Hall–Kier alpha value is -2.16. The molecule has 0 bridgehead atoms. The highest BCUT2D eigenvalue weighted by Crippen LogP contribution is 2.15. The zero-order valence-corrected chi connectivity index (χ0v) is 9.90. The van der Waals surface area contributed by atoms with E-state index < -0.39 is 0 Å². The lowest BCUT2D eigenvalue weighted by Gasteiger charge is -2.09. The molecule has 1 aromatic heterocycles. The van der Waals surface area contributed by atoms with Crippen molar-refractivity contribution in [1.29, 1.82) is 0 Å². The normalized spacial score (nSPS) is 10.0. The Bertz CT molecular complexity index is 549. The van der Waals surface area contributed by atoms with Crippen LogP contribution in [0.2, 0.25) is 0 Å². The van der Waals surface area contributed by atoms with Crippen molar-refractivity contribution in [2.75, 3.05) is 5.32 Å². The molecule has 0 spiro atoms. The summed E-state index contributed by atoms with van der Waals surface area (Å²) in [6.07, 6.45) is 3.31. The molecule has 3 nitrogen and oxygen atoms in total. The minimum Gasteiger partial charge on any atom is -0.322 e. The minimum atomic E-state index is -0.0980. The number of benzene rings is 1. The molecule has 1 amide bonds. The van der Waals surface area contributed by atoms with Gasteiger partial charge in [0.25, 0.3) is 5.91 Å². The second-order valence-electron chi connectivity index (χ2n) is 3.96. The van der Waals surface area contributed by atoms with Gasteiger partial charge in [0.05, 0.1) is 0 Å². The highest BCUT2D eigenvalue weighted by atomic mass is 16.1. The third-order valence-corrected chi connectivity index (χ3v) is 2.66. The number of hydrogen-bond donors (Lipinski definition) is 1. The van der Waals surface area contributed by atoms with Crippen LogP contribution in [0.25, 0.3) is 0 Å². The topological polar surface area (TPSA) is 42.0 Å². The van der Waals surface area contributed by atoms with Crippen molar-refractivity contribution in [3.63, 3.8) is 0 Å². The highest BCUT2D eigenvalue weighted by Gasteiger charge is 2.09. The fourth-order valence-corrected chi connectivity index (χ4v) is 1.63. The van der Waals surface area contributed by atoms with Crippen LogP contribution in [0.3, 0.4) is 0 Å². The fraction of sp³-hybridized carbons (Fsp3) is 0.143. The maximum absolute atomic E-state index is 12.0. The highest BCUT2D eigenvalue weighted by molar-refractivity contribution is 6.05. The number of aryl methyl sites for hydroxylation is 2. The lowest BCUT2D eigenvalue weighted by molar-refractivity contribution is 0.102. The maximum atomic E-state index is 12.0. The Balaban J connectivity index is 2.24. The molecule has 17 heavy (non-hydrogen) atoms. The van der Waals surface area contributed by atoms with Crippen molar-refractivity contribution in [3.05, 3.63) is 59.4 Å². The summed E-state index contributed by atoms with van der Waals surface area (Å²) in [6.45, 7) is 3.84. The molecule has 86 valence electrons. The summed E-state index contributed by atoms with van der Waals surface area (Å²) >= 11 is 0. The van der Waals surface area contributed by atoms with Crippen molar-refractivity contribution in [2.45, 2.75) is 13.8 Å². The van der Waals surface area contributed by atoms with Crippen LogP contribution in [-0.2, 0) is 0 Å². The van der Waals surface area contributed by atoms with E-state index in [1.165, 1.54) is 0 Å². The Kier molecular flexibility index (Phi) is 3.19. The van der Waals surface area contributed by atoms with Gasteiger partial charge in [-0.25, -0.2) is 0 Å². The second kappa shape index (κ2) is 4.78. The van der Waals surface area contributed by atoms with Crippen LogP contribution >= 0.6 is 0 Å². The van der Waals surface area contributed by atoms with E-state index in [2.05, 4.69) is 10.3 Å². The van der Waals surface area contributed by atoms with Gasteiger partial charge in [0.2, 0.25) is 0 Å². The first-order valence-electron chi connectivity index (χ1n) is 5.46. The fourth-order valence-electron chi connectivity index (χ4n) is 1.63. The number of pyridine rings is 1. The molecule has 0 aliphatic heterocycles. The average molecular weight is 226 g/mol. The van der Waals surface area contributed by atoms with Gasteiger partial charge in [-0.05, 0) is 37.1 Å². The van der Waals surface area contributed by atoms with E-state index in [4.69, 9.17) is 0 Å². The molecule has 0 fully saturated rings.